The van der Waals surface area contributed by atoms with Crippen LogP contribution in [-0.4, -0.2) is 41.2 Å². The van der Waals surface area contributed by atoms with Gasteiger partial charge in [0.15, 0.2) is 0 Å². The number of thiazole rings is 1. The number of aromatic nitrogens is 1. The molecule has 1 heterocycles. The normalized spacial score (nSPS) is 22.0. The fraction of sp³-hybridized carbons (Fsp3) is 0.389. The molecule has 2 amide bonds. The number of rotatable bonds is 6. The number of amides is 2. The molecule has 1 aliphatic carbocycles. The number of methoxy groups -OCH3 is 1. The quantitative estimate of drug-likeness (QED) is 0.707. The van der Waals surface area contributed by atoms with Crippen LogP contribution in [0, 0.1) is 5.92 Å². The van der Waals surface area contributed by atoms with E-state index in [4.69, 9.17) is 4.74 Å². The third kappa shape index (κ3) is 4.39. The van der Waals surface area contributed by atoms with E-state index in [0.717, 1.165) is 11.3 Å². The van der Waals surface area contributed by atoms with Crippen molar-refractivity contribution in [2.24, 2.45) is 5.92 Å². The summed E-state index contributed by atoms with van der Waals surface area (Å²) in [5.74, 6) is -0.0563. The van der Waals surface area contributed by atoms with Crippen LogP contribution in [0.1, 0.15) is 28.9 Å². The molecule has 0 bridgehead atoms. The first-order chi connectivity index (χ1) is 12.6. The van der Waals surface area contributed by atoms with E-state index in [0.29, 0.717) is 25.1 Å². The molecule has 26 heavy (non-hydrogen) atoms. The van der Waals surface area contributed by atoms with Gasteiger partial charge in [-0.2, -0.15) is 0 Å². The Balaban J connectivity index is 1.51. The molecule has 7 nitrogen and oxygen atoms in total. The largest absolute Gasteiger partial charge is 0.497 e. The van der Waals surface area contributed by atoms with E-state index in [9.17, 15) is 14.7 Å². The van der Waals surface area contributed by atoms with Crippen LogP contribution < -0.4 is 15.4 Å². The molecular formula is C18H21N3O4S. The van der Waals surface area contributed by atoms with Crippen molar-refractivity contribution < 1.29 is 19.4 Å². The zero-order valence-electron chi connectivity index (χ0n) is 14.3. The number of carbonyl (C=O) groups excluding carboxylic acids is 2. The van der Waals surface area contributed by atoms with Crippen molar-refractivity contribution in [1.29, 1.82) is 0 Å². The molecule has 0 spiro atoms. The minimum atomic E-state index is -0.745. The molecule has 3 rings (SSSR count). The first-order valence-corrected chi connectivity index (χ1v) is 9.29. The number of aliphatic hydroxyl groups excluding tert-OH is 1. The molecule has 0 unspecified atom stereocenters. The minimum absolute atomic E-state index is 0.128. The van der Waals surface area contributed by atoms with Crippen molar-refractivity contribution in [1.82, 2.24) is 15.6 Å². The summed E-state index contributed by atoms with van der Waals surface area (Å²) in [6.07, 6.45) is -0.0161. The molecule has 0 radical (unpaired) electrons. The van der Waals surface area contributed by atoms with Crippen molar-refractivity contribution in [2.75, 3.05) is 7.11 Å². The van der Waals surface area contributed by atoms with E-state index in [1.165, 1.54) is 11.3 Å². The number of nitrogens with zero attached hydrogens (tertiary/aromatic N) is 1. The Labute approximate surface area is 155 Å². The SMILES string of the molecule is COc1cccc(CNC(=O)[C@@H]2C[C@@H](O)[C@H](NC(=O)c3cscn3)C2)c1. The first-order valence-electron chi connectivity index (χ1n) is 8.34. The lowest BCUT2D eigenvalue weighted by molar-refractivity contribution is -0.125. The van der Waals surface area contributed by atoms with E-state index in [2.05, 4.69) is 15.6 Å². The highest BCUT2D eigenvalue weighted by molar-refractivity contribution is 7.07. The molecule has 1 fully saturated rings. The number of aliphatic hydroxyl groups is 1. The lowest BCUT2D eigenvalue weighted by Gasteiger charge is -2.15. The van der Waals surface area contributed by atoms with E-state index in [1.807, 2.05) is 24.3 Å². The highest BCUT2D eigenvalue weighted by atomic mass is 32.1. The average Bonchev–Trinajstić information content (AvgIpc) is 3.30. The maximum Gasteiger partial charge on any atom is 0.271 e. The number of hydrogen-bond acceptors (Lipinski definition) is 6. The summed E-state index contributed by atoms with van der Waals surface area (Å²) in [6, 6.07) is 7.03. The van der Waals surface area contributed by atoms with Gasteiger partial charge in [-0.05, 0) is 30.5 Å². The molecule has 1 aromatic carbocycles. The van der Waals surface area contributed by atoms with Crippen molar-refractivity contribution >= 4 is 23.2 Å². The maximum atomic E-state index is 12.4. The van der Waals surface area contributed by atoms with E-state index in [1.54, 1.807) is 18.0 Å². The van der Waals surface area contributed by atoms with Gasteiger partial charge in [0.1, 0.15) is 11.4 Å². The van der Waals surface area contributed by atoms with Gasteiger partial charge in [-0.25, -0.2) is 4.98 Å². The summed E-state index contributed by atoms with van der Waals surface area (Å²) < 4.78 is 5.17. The van der Waals surface area contributed by atoms with Crippen LogP contribution in [0.15, 0.2) is 35.2 Å². The highest BCUT2D eigenvalue weighted by Gasteiger charge is 2.37. The third-order valence-corrected chi connectivity index (χ3v) is 5.07. The van der Waals surface area contributed by atoms with Crippen molar-refractivity contribution in [2.45, 2.75) is 31.5 Å². The summed E-state index contributed by atoms with van der Waals surface area (Å²) in [5, 5.41) is 17.5. The van der Waals surface area contributed by atoms with Crippen LogP contribution in [-0.2, 0) is 11.3 Å². The monoisotopic (exact) mass is 375 g/mol. The van der Waals surface area contributed by atoms with Gasteiger partial charge in [-0.15, -0.1) is 11.3 Å². The maximum absolute atomic E-state index is 12.4. The van der Waals surface area contributed by atoms with E-state index in [-0.39, 0.29) is 17.7 Å². The fourth-order valence-electron chi connectivity index (χ4n) is 3.07. The second-order valence-electron chi connectivity index (χ2n) is 6.26. The van der Waals surface area contributed by atoms with Crippen LogP contribution >= 0.6 is 11.3 Å². The van der Waals surface area contributed by atoms with Gasteiger partial charge in [0.2, 0.25) is 5.91 Å². The molecule has 8 heteroatoms. The molecule has 1 aliphatic rings. The zero-order chi connectivity index (χ0) is 18.5. The van der Waals surface area contributed by atoms with Gasteiger partial charge >= 0.3 is 0 Å². The average molecular weight is 375 g/mol. The topological polar surface area (TPSA) is 101 Å². The predicted octanol–water partition coefficient (Wildman–Crippen LogP) is 1.34. The van der Waals surface area contributed by atoms with Crippen LogP contribution in [0.3, 0.4) is 0 Å². The second-order valence-corrected chi connectivity index (χ2v) is 6.98. The smallest absolute Gasteiger partial charge is 0.271 e. The number of nitrogens with one attached hydrogen (secondary N) is 2. The molecule has 1 aromatic heterocycles. The highest BCUT2D eigenvalue weighted by Crippen LogP contribution is 2.27. The van der Waals surface area contributed by atoms with Crippen LogP contribution in [0.5, 0.6) is 5.75 Å². The summed E-state index contributed by atoms with van der Waals surface area (Å²) >= 11 is 1.33. The summed E-state index contributed by atoms with van der Waals surface area (Å²) in [7, 11) is 1.59. The molecule has 0 aliphatic heterocycles. The molecule has 0 saturated heterocycles. The standard InChI is InChI=1S/C18H21N3O4S/c1-25-13-4-2-3-11(5-13)8-19-17(23)12-6-14(16(22)7-12)21-18(24)15-9-26-10-20-15/h2-5,9-10,12,14,16,22H,6-8H2,1H3,(H,19,23)(H,21,24)/t12-,14+,16+/m0/s1. The Morgan fingerprint density at radius 3 is 2.96 bits per heavy atom. The van der Waals surface area contributed by atoms with Gasteiger partial charge in [0.05, 0.1) is 24.8 Å². The Hall–Kier alpha value is -2.45. The molecular weight excluding hydrogens is 354 g/mol. The lowest BCUT2D eigenvalue weighted by Crippen LogP contribution is -2.40. The summed E-state index contributed by atoms with van der Waals surface area (Å²) in [5.41, 5.74) is 2.84. The molecule has 3 N–H and O–H groups in total. The van der Waals surface area contributed by atoms with Gasteiger partial charge in [-0.3, -0.25) is 9.59 Å². The fourth-order valence-corrected chi connectivity index (χ4v) is 3.60. The molecule has 1 saturated carbocycles. The summed E-state index contributed by atoms with van der Waals surface area (Å²) in [6.45, 7) is 0.387. The molecule has 2 aromatic rings. The van der Waals surface area contributed by atoms with E-state index < -0.39 is 12.1 Å². The summed E-state index contributed by atoms with van der Waals surface area (Å²) in [4.78, 5) is 28.4. The predicted molar refractivity (Wildman–Crippen MR) is 96.9 cm³/mol. The third-order valence-electron chi connectivity index (χ3n) is 4.48. The van der Waals surface area contributed by atoms with E-state index >= 15 is 0 Å². The lowest BCUT2D eigenvalue weighted by atomic mass is 10.1. The zero-order valence-corrected chi connectivity index (χ0v) is 15.2. The van der Waals surface area contributed by atoms with Crippen molar-refractivity contribution in [3.8, 4) is 5.75 Å². The number of carbonyl (C=O) groups is 2. The van der Waals surface area contributed by atoms with Gasteiger partial charge in [-0.1, -0.05) is 12.1 Å². The van der Waals surface area contributed by atoms with Gasteiger partial charge in [0.25, 0.3) is 5.91 Å². The Morgan fingerprint density at radius 1 is 1.38 bits per heavy atom. The van der Waals surface area contributed by atoms with Crippen molar-refractivity contribution in [3.05, 3.63) is 46.4 Å². The second kappa shape index (κ2) is 8.29. The minimum Gasteiger partial charge on any atom is -0.497 e. The molecule has 138 valence electrons. The van der Waals surface area contributed by atoms with Crippen LogP contribution in [0.2, 0.25) is 0 Å². The van der Waals surface area contributed by atoms with Crippen molar-refractivity contribution in [3.63, 3.8) is 0 Å². The first kappa shape index (κ1) is 18.3. The Bertz CT molecular complexity index is 766. The Kier molecular flexibility index (Phi) is 5.85. The number of ether oxygens (including phenoxy) is 1. The number of hydrogen-bond donors (Lipinski definition) is 3. The van der Waals surface area contributed by atoms with Gasteiger partial charge in [0, 0.05) is 17.8 Å². The van der Waals surface area contributed by atoms with Crippen LogP contribution in [0.25, 0.3) is 0 Å². The van der Waals surface area contributed by atoms with Crippen LogP contribution in [0.4, 0.5) is 0 Å². The van der Waals surface area contributed by atoms with Gasteiger partial charge < -0.3 is 20.5 Å². The Morgan fingerprint density at radius 2 is 2.23 bits per heavy atom. The molecule has 3 atom stereocenters. The number of benzene rings is 1.